The minimum atomic E-state index is -0.976. The van der Waals surface area contributed by atoms with Crippen LogP contribution in [0.15, 0.2) is 23.0 Å². The van der Waals surface area contributed by atoms with Gasteiger partial charge in [-0.15, -0.1) is 0 Å². The Bertz CT molecular complexity index is 1230. The van der Waals surface area contributed by atoms with Gasteiger partial charge in [-0.05, 0) is 31.0 Å². The molecule has 35 heavy (non-hydrogen) atoms. The molecule has 188 valence electrons. The summed E-state index contributed by atoms with van der Waals surface area (Å²) in [6.07, 6.45) is 0. The van der Waals surface area contributed by atoms with Crippen molar-refractivity contribution in [3.8, 4) is 5.75 Å². The van der Waals surface area contributed by atoms with Crippen molar-refractivity contribution in [2.75, 3.05) is 34.4 Å². The monoisotopic (exact) mass is 489 g/mol. The van der Waals surface area contributed by atoms with E-state index in [1.807, 2.05) is 0 Å². The van der Waals surface area contributed by atoms with Crippen molar-refractivity contribution in [1.29, 1.82) is 0 Å². The molecule has 2 aromatic rings. The summed E-state index contributed by atoms with van der Waals surface area (Å²) in [5, 5.41) is 13.1. The van der Waals surface area contributed by atoms with Gasteiger partial charge in [0, 0.05) is 27.7 Å². The molecule has 0 aliphatic carbocycles. The molecule has 1 aliphatic heterocycles. The van der Waals surface area contributed by atoms with E-state index in [1.165, 1.54) is 33.3 Å². The van der Waals surface area contributed by atoms with E-state index in [0.717, 1.165) is 14.4 Å². The van der Waals surface area contributed by atoms with Gasteiger partial charge in [0.05, 0.1) is 19.3 Å². The number of halogens is 1. The fourth-order valence-corrected chi connectivity index (χ4v) is 3.71. The molecule has 2 N–H and O–H groups in total. The molecule has 1 aromatic carbocycles. The molecule has 0 spiro atoms. The van der Waals surface area contributed by atoms with Gasteiger partial charge in [-0.3, -0.25) is 23.7 Å². The number of carbonyl (C=O) groups excluding carboxylic acids is 3. The highest BCUT2D eigenvalue weighted by atomic mass is 19.1. The number of fused-ring (bicyclic) bond motifs is 1. The molecule has 2 heterocycles. The third kappa shape index (κ3) is 5.16. The van der Waals surface area contributed by atoms with Crippen LogP contribution in [0.4, 0.5) is 4.39 Å². The number of carbonyl (C=O) groups is 3. The third-order valence-electron chi connectivity index (χ3n) is 5.76. The first-order chi connectivity index (χ1) is 16.4. The van der Waals surface area contributed by atoms with Crippen LogP contribution in [-0.2, 0) is 20.9 Å². The quantitative estimate of drug-likeness (QED) is 0.598. The normalized spacial score (nSPS) is 17.2. The Kier molecular flexibility index (Phi) is 7.54. The highest BCUT2D eigenvalue weighted by Gasteiger charge is 2.36. The second-order valence-electron chi connectivity index (χ2n) is 8.63. The Morgan fingerprint density at radius 2 is 1.91 bits per heavy atom. The van der Waals surface area contributed by atoms with E-state index in [-0.39, 0.29) is 31.4 Å². The summed E-state index contributed by atoms with van der Waals surface area (Å²) in [6.45, 7) is 3.25. The minimum absolute atomic E-state index is 0.00183. The molecule has 0 bridgehead atoms. The maximum atomic E-state index is 13.5. The first-order valence-corrected chi connectivity index (χ1v) is 10.9. The summed E-state index contributed by atoms with van der Waals surface area (Å²) in [5.74, 6) is -3.71. The van der Waals surface area contributed by atoms with E-state index in [1.54, 1.807) is 19.9 Å². The van der Waals surface area contributed by atoms with Crippen LogP contribution in [0, 0.1) is 12.7 Å². The molecule has 1 aromatic heterocycles. The molecule has 0 saturated carbocycles. The summed E-state index contributed by atoms with van der Waals surface area (Å²) in [6, 6.07) is 2.80. The SMILES string of the molecule is Cc1cc(CNC(=O)c2nc3n(c(=O)c2O)[C@@H](C)COC[C@@H]3N(C)C(=O)C(=O)N(C)C)ccc1F. The van der Waals surface area contributed by atoms with Crippen molar-refractivity contribution >= 4 is 17.7 Å². The number of aromatic nitrogens is 2. The van der Waals surface area contributed by atoms with Crippen LogP contribution < -0.4 is 10.9 Å². The zero-order chi connectivity index (χ0) is 26.0. The van der Waals surface area contributed by atoms with E-state index in [2.05, 4.69) is 10.3 Å². The predicted octanol–water partition coefficient (Wildman–Crippen LogP) is 0.505. The fraction of sp³-hybridized carbons (Fsp3) is 0.435. The van der Waals surface area contributed by atoms with E-state index >= 15 is 0 Å². The van der Waals surface area contributed by atoms with E-state index in [4.69, 9.17) is 4.74 Å². The summed E-state index contributed by atoms with van der Waals surface area (Å²) in [4.78, 5) is 57.3. The van der Waals surface area contributed by atoms with Crippen LogP contribution >= 0.6 is 0 Å². The lowest BCUT2D eigenvalue weighted by Gasteiger charge is -2.28. The molecule has 2 atom stereocenters. The summed E-state index contributed by atoms with van der Waals surface area (Å²) >= 11 is 0. The van der Waals surface area contributed by atoms with Gasteiger partial charge in [0.1, 0.15) is 17.7 Å². The van der Waals surface area contributed by atoms with Crippen molar-refractivity contribution in [2.24, 2.45) is 0 Å². The summed E-state index contributed by atoms with van der Waals surface area (Å²) in [5.41, 5.74) is -0.395. The molecular formula is C23H28FN5O6. The maximum Gasteiger partial charge on any atom is 0.312 e. The maximum absolute atomic E-state index is 13.5. The number of hydrogen-bond acceptors (Lipinski definition) is 7. The van der Waals surface area contributed by atoms with E-state index < -0.39 is 46.8 Å². The lowest BCUT2D eigenvalue weighted by Crippen LogP contribution is -2.44. The minimum Gasteiger partial charge on any atom is -0.501 e. The molecule has 1 aliphatic rings. The molecule has 12 heteroatoms. The number of nitrogens with one attached hydrogen (secondary N) is 1. The summed E-state index contributed by atoms with van der Waals surface area (Å²) in [7, 11) is 4.23. The number of ether oxygens (including phenoxy) is 1. The largest absolute Gasteiger partial charge is 0.501 e. The van der Waals surface area contributed by atoms with Crippen LogP contribution in [0.25, 0.3) is 0 Å². The van der Waals surface area contributed by atoms with Crippen LogP contribution in [0.2, 0.25) is 0 Å². The van der Waals surface area contributed by atoms with Gasteiger partial charge in [-0.2, -0.15) is 0 Å². The number of aromatic hydroxyl groups is 1. The van der Waals surface area contributed by atoms with Gasteiger partial charge in [0.25, 0.3) is 11.5 Å². The van der Waals surface area contributed by atoms with E-state index in [9.17, 15) is 28.7 Å². The molecule has 0 saturated heterocycles. The molecule has 11 nitrogen and oxygen atoms in total. The lowest BCUT2D eigenvalue weighted by molar-refractivity contribution is -0.151. The van der Waals surface area contributed by atoms with Gasteiger partial charge in [-0.1, -0.05) is 12.1 Å². The molecule has 0 fully saturated rings. The standard InChI is InChI=1S/C23H28FN5O6/c1-12-8-14(6-7-15(12)24)9-25-20(31)17-18(30)21(32)29-13(2)10-35-11-16(19(29)26-17)28(5)23(34)22(33)27(3)4/h6-8,13,16,30H,9-11H2,1-5H3,(H,25,31)/t13-,16-/m0/s1. The Labute approximate surface area is 201 Å². The number of hydrogen-bond donors (Lipinski definition) is 2. The number of nitrogens with zero attached hydrogens (tertiary/aromatic N) is 4. The van der Waals surface area contributed by atoms with Gasteiger partial charge in [0.2, 0.25) is 5.75 Å². The van der Waals surface area contributed by atoms with Gasteiger partial charge in [0.15, 0.2) is 5.69 Å². The third-order valence-corrected chi connectivity index (χ3v) is 5.76. The highest BCUT2D eigenvalue weighted by Crippen LogP contribution is 2.26. The smallest absolute Gasteiger partial charge is 0.312 e. The number of amides is 3. The molecule has 3 amide bonds. The molecule has 3 rings (SSSR count). The zero-order valence-corrected chi connectivity index (χ0v) is 20.2. The lowest BCUT2D eigenvalue weighted by atomic mass is 10.1. The Hall–Kier alpha value is -3.80. The van der Waals surface area contributed by atoms with Crippen LogP contribution in [0.3, 0.4) is 0 Å². The predicted molar refractivity (Wildman–Crippen MR) is 122 cm³/mol. The second kappa shape index (κ2) is 10.2. The zero-order valence-electron chi connectivity index (χ0n) is 20.2. The van der Waals surface area contributed by atoms with Crippen LogP contribution in [0.1, 0.15) is 46.4 Å². The Morgan fingerprint density at radius 3 is 2.54 bits per heavy atom. The number of aryl methyl sites for hydroxylation is 1. The molecular weight excluding hydrogens is 461 g/mol. The van der Waals surface area contributed by atoms with Gasteiger partial charge in [-0.25, -0.2) is 9.37 Å². The van der Waals surface area contributed by atoms with Crippen molar-refractivity contribution in [1.82, 2.24) is 24.7 Å². The molecule has 0 radical (unpaired) electrons. The average Bonchev–Trinajstić information content (AvgIpc) is 2.98. The average molecular weight is 490 g/mol. The van der Waals surface area contributed by atoms with Crippen LogP contribution in [-0.4, -0.2) is 76.5 Å². The number of rotatable bonds is 4. The molecule has 0 unspecified atom stereocenters. The van der Waals surface area contributed by atoms with Gasteiger partial charge >= 0.3 is 11.8 Å². The highest BCUT2D eigenvalue weighted by molar-refractivity contribution is 6.34. The Balaban J connectivity index is 1.99. The first kappa shape index (κ1) is 25.8. The number of likely N-dealkylation sites (N-methyl/N-ethyl adjacent to an activating group) is 2. The van der Waals surface area contributed by atoms with Gasteiger partial charge < -0.3 is 25.0 Å². The topological polar surface area (TPSA) is 134 Å². The second-order valence-corrected chi connectivity index (χ2v) is 8.63. The Morgan fingerprint density at radius 1 is 1.23 bits per heavy atom. The van der Waals surface area contributed by atoms with Crippen molar-refractivity contribution < 1.29 is 28.6 Å². The van der Waals surface area contributed by atoms with Crippen molar-refractivity contribution in [2.45, 2.75) is 32.5 Å². The fourth-order valence-electron chi connectivity index (χ4n) is 3.71. The van der Waals surface area contributed by atoms with Crippen molar-refractivity contribution in [3.05, 3.63) is 57.0 Å². The number of benzene rings is 1. The van der Waals surface area contributed by atoms with Crippen LogP contribution in [0.5, 0.6) is 5.75 Å². The van der Waals surface area contributed by atoms with Crippen molar-refractivity contribution in [3.63, 3.8) is 0 Å². The van der Waals surface area contributed by atoms with E-state index in [0.29, 0.717) is 11.1 Å². The summed E-state index contributed by atoms with van der Waals surface area (Å²) < 4.78 is 20.3. The first-order valence-electron chi connectivity index (χ1n) is 10.9.